The minimum absolute atomic E-state index is 0.0834. The fourth-order valence-corrected chi connectivity index (χ4v) is 2.47. The molecule has 132 valence electrons. The van der Waals surface area contributed by atoms with Crippen LogP contribution >= 0.6 is 0 Å². The van der Waals surface area contributed by atoms with Crippen LogP contribution < -0.4 is 11.1 Å². The molecule has 0 radical (unpaired) electrons. The molecule has 3 N–H and O–H groups in total. The van der Waals surface area contributed by atoms with Crippen LogP contribution in [0.1, 0.15) is 52.9 Å². The lowest BCUT2D eigenvalue weighted by molar-refractivity contribution is -0.125. The number of carbonyl (C=O) groups excluding carboxylic acids is 3. The first kappa shape index (κ1) is 19.3. The number of hydrogen-bond acceptors (Lipinski definition) is 4. The van der Waals surface area contributed by atoms with E-state index >= 15 is 0 Å². The van der Waals surface area contributed by atoms with E-state index < -0.39 is 11.5 Å². The first-order chi connectivity index (χ1) is 10.7. The van der Waals surface area contributed by atoms with E-state index in [0.717, 1.165) is 19.3 Å². The molecule has 0 saturated carbocycles. The van der Waals surface area contributed by atoms with E-state index in [9.17, 15) is 14.4 Å². The molecule has 0 atom stereocenters. The van der Waals surface area contributed by atoms with Crippen LogP contribution in [-0.4, -0.2) is 48.0 Å². The number of carbonyl (C=O) groups is 3. The third kappa shape index (κ3) is 8.42. The van der Waals surface area contributed by atoms with Gasteiger partial charge in [0.1, 0.15) is 5.60 Å². The Morgan fingerprint density at radius 2 is 1.78 bits per heavy atom. The van der Waals surface area contributed by atoms with Gasteiger partial charge in [-0.05, 0) is 46.0 Å². The van der Waals surface area contributed by atoms with E-state index in [-0.39, 0.29) is 24.8 Å². The van der Waals surface area contributed by atoms with E-state index in [1.807, 2.05) is 20.8 Å². The molecule has 1 aliphatic rings. The van der Waals surface area contributed by atoms with Crippen molar-refractivity contribution in [3.05, 3.63) is 0 Å². The van der Waals surface area contributed by atoms with Crippen molar-refractivity contribution in [1.29, 1.82) is 0 Å². The van der Waals surface area contributed by atoms with Crippen molar-refractivity contribution in [3.63, 3.8) is 0 Å². The van der Waals surface area contributed by atoms with Gasteiger partial charge in [-0.25, -0.2) is 4.79 Å². The number of ether oxygens (including phenoxy) is 1. The molecular formula is C16H29N3O4. The molecule has 0 aromatic rings. The summed E-state index contributed by atoms with van der Waals surface area (Å²) < 4.78 is 5.36. The second kappa shape index (κ2) is 8.74. The number of nitrogens with two attached hydrogens (primary N) is 1. The van der Waals surface area contributed by atoms with Gasteiger partial charge in [0.15, 0.2) is 0 Å². The molecule has 7 heteroatoms. The van der Waals surface area contributed by atoms with Gasteiger partial charge in [0.2, 0.25) is 11.8 Å². The SMILES string of the molecule is CC(C)(C)OC(=O)N1CCC(CCNC(=O)CCC(N)=O)CC1. The number of rotatable bonds is 6. The third-order valence-electron chi connectivity index (χ3n) is 3.74. The topological polar surface area (TPSA) is 102 Å². The monoisotopic (exact) mass is 327 g/mol. The second-order valence-corrected chi connectivity index (χ2v) is 7.02. The number of hydrogen-bond donors (Lipinski definition) is 2. The molecule has 7 nitrogen and oxygen atoms in total. The highest BCUT2D eigenvalue weighted by molar-refractivity contribution is 5.82. The van der Waals surface area contributed by atoms with Crippen molar-refractivity contribution in [3.8, 4) is 0 Å². The van der Waals surface area contributed by atoms with Crippen molar-refractivity contribution in [1.82, 2.24) is 10.2 Å². The summed E-state index contributed by atoms with van der Waals surface area (Å²) in [4.78, 5) is 35.8. The van der Waals surface area contributed by atoms with E-state index in [1.165, 1.54) is 0 Å². The maximum absolute atomic E-state index is 12.0. The first-order valence-corrected chi connectivity index (χ1v) is 8.20. The lowest BCUT2D eigenvalue weighted by atomic mass is 9.94. The Kier molecular flexibility index (Phi) is 7.32. The molecule has 0 bridgehead atoms. The van der Waals surface area contributed by atoms with E-state index in [4.69, 9.17) is 10.5 Å². The van der Waals surface area contributed by atoms with Crippen molar-refractivity contribution >= 4 is 17.9 Å². The van der Waals surface area contributed by atoms with Gasteiger partial charge in [-0.2, -0.15) is 0 Å². The number of nitrogens with one attached hydrogen (secondary N) is 1. The lowest BCUT2D eigenvalue weighted by Crippen LogP contribution is -2.42. The predicted molar refractivity (Wildman–Crippen MR) is 86.6 cm³/mol. The summed E-state index contributed by atoms with van der Waals surface area (Å²) in [5, 5.41) is 2.80. The maximum atomic E-state index is 12.0. The molecule has 1 rings (SSSR count). The summed E-state index contributed by atoms with van der Waals surface area (Å²) in [5.74, 6) is -0.116. The molecule has 0 aliphatic carbocycles. The highest BCUT2D eigenvalue weighted by Gasteiger charge is 2.26. The Morgan fingerprint density at radius 3 is 2.30 bits per heavy atom. The Balaban J connectivity index is 2.18. The van der Waals surface area contributed by atoms with Gasteiger partial charge < -0.3 is 20.7 Å². The molecule has 23 heavy (non-hydrogen) atoms. The van der Waals surface area contributed by atoms with E-state index in [2.05, 4.69) is 5.32 Å². The van der Waals surface area contributed by atoms with Gasteiger partial charge >= 0.3 is 6.09 Å². The van der Waals surface area contributed by atoms with Crippen LogP contribution in [0.25, 0.3) is 0 Å². The zero-order valence-electron chi connectivity index (χ0n) is 14.4. The zero-order chi connectivity index (χ0) is 17.5. The number of primary amides is 1. The molecule has 0 aromatic heterocycles. The summed E-state index contributed by atoms with van der Waals surface area (Å²) in [5.41, 5.74) is 4.53. The summed E-state index contributed by atoms with van der Waals surface area (Å²) in [6.07, 6.45) is 2.68. The Labute approximate surface area is 137 Å². The maximum Gasteiger partial charge on any atom is 0.410 e. The quantitative estimate of drug-likeness (QED) is 0.770. The smallest absolute Gasteiger partial charge is 0.410 e. The second-order valence-electron chi connectivity index (χ2n) is 7.02. The fraction of sp³-hybridized carbons (Fsp3) is 0.812. The fourth-order valence-electron chi connectivity index (χ4n) is 2.47. The van der Waals surface area contributed by atoms with Gasteiger partial charge in [-0.3, -0.25) is 9.59 Å². The van der Waals surface area contributed by atoms with Gasteiger partial charge in [-0.15, -0.1) is 0 Å². The summed E-state index contributed by atoms with van der Waals surface area (Å²) in [6.45, 7) is 7.55. The molecule has 1 heterocycles. The van der Waals surface area contributed by atoms with E-state index in [1.54, 1.807) is 4.90 Å². The number of likely N-dealkylation sites (tertiary alicyclic amines) is 1. The van der Waals surface area contributed by atoms with Crippen LogP contribution in [0.15, 0.2) is 0 Å². The van der Waals surface area contributed by atoms with E-state index in [0.29, 0.717) is 25.6 Å². The highest BCUT2D eigenvalue weighted by Crippen LogP contribution is 2.21. The largest absolute Gasteiger partial charge is 0.444 e. The van der Waals surface area contributed by atoms with Gasteiger partial charge in [0, 0.05) is 32.5 Å². The van der Waals surface area contributed by atoms with Crippen molar-refractivity contribution in [2.24, 2.45) is 11.7 Å². The van der Waals surface area contributed by atoms with Crippen LogP contribution in [0.5, 0.6) is 0 Å². The third-order valence-corrected chi connectivity index (χ3v) is 3.74. The number of piperidine rings is 1. The Morgan fingerprint density at radius 1 is 1.17 bits per heavy atom. The highest BCUT2D eigenvalue weighted by atomic mass is 16.6. The van der Waals surface area contributed by atoms with Crippen LogP contribution in [0.4, 0.5) is 4.79 Å². The van der Waals surface area contributed by atoms with Crippen molar-refractivity contribution < 1.29 is 19.1 Å². The Bertz CT molecular complexity index is 424. The Hall–Kier alpha value is -1.79. The van der Waals surface area contributed by atoms with Crippen molar-refractivity contribution in [2.45, 2.75) is 58.5 Å². The van der Waals surface area contributed by atoms with Crippen LogP contribution in [-0.2, 0) is 14.3 Å². The summed E-state index contributed by atoms with van der Waals surface area (Å²) >= 11 is 0. The van der Waals surface area contributed by atoms with Crippen LogP contribution in [0.3, 0.4) is 0 Å². The molecule has 0 aromatic carbocycles. The van der Waals surface area contributed by atoms with Gasteiger partial charge in [0.25, 0.3) is 0 Å². The molecule has 1 fully saturated rings. The average Bonchev–Trinajstić information content (AvgIpc) is 2.44. The van der Waals surface area contributed by atoms with Crippen LogP contribution in [0.2, 0.25) is 0 Å². The molecule has 1 saturated heterocycles. The first-order valence-electron chi connectivity index (χ1n) is 8.20. The predicted octanol–water partition coefficient (Wildman–Crippen LogP) is 1.41. The van der Waals surface area contributed by atoms with Crippen molar-refractivity contribution in [2.75, 3.05) is 19.6 Å². The zero-order valence-corrected chi connectivity index (χ0v) is 14.4. The molecule has 1 aliphatic heterocycles. The van der Waals surface area contributed by atoms with Crippen LogP contribution in [0, 0.1) is 5.92 Å². The molecule has 3 amide bonds. The molecular weight excluding hydrogens is 298 g/mol. The average molecular weight is 327 g/mol. The number of amides is 3. The van der Waals surface area contributed by atoms with Gasteiger partial charge in [-0.1, -0.05) is 0 Å². The lowest BCUT2D eigenvalue weighted by Gasteiger charge is -2.33. The van der Waals surface area contributed by atoms with Gasteiger partial charge in [0.05, 0.1) is 0 Å². The summed E-state index contributed by atoms with van der Waals surface area (Å²) in [7, 11) is 0. The molecule has 0 unspecified atom stereocenters. The summed E-state index contributed by atoms with van der Waals surface area (Å²) in [6, 6.07) is 0. The normalized spacial score (nSPS) is 16.0. The number of nitrogens with zero attached hydrogens (tertiary/aromatic N) is 1. The molecule has 0 spiro atoms. The minimum Gasteiger partial charge on any atom is -0.444 e. The minimum atomic E-state index is -0.469. The standard InChI is InChI=1S/C16H29N3O4/c1-16(2,3)23-15(22)19-10-7-12(8-11-19)6-9-18-14(21)5-4-13(17)20/h12H,4-11H2,1-3H3,(H2,17,20)(H,18,21).